The quantitative estimate of drug-likeness (QED) is 0.727. The third-order valence-corrected chi connectivity index (χ3v) is 3.68. The first-order valence-electron chi connectivity index (χ1n) is 7.33. The zero-order valence-corrected chi connectivity index (χ0v) is 12.3. The molecule has 2 rings (SSSR count). The maximum atomic E-state index is 9.16. The Balaban J connectivity index is 2.18. The van der Waals surface area contributed by atoms with Crippen LogP contribution < -0.4 is 0 Å². The molecule has 2 aromatic rings. The number of hydrogen-bond donors (Lipinski definition) is 0. The van der Waals surface area contributed by atoms with Gasteiger partial charge in [-0.15, -0.1) is 0 Å². The van der Waals surface area contributed by atoms with E-state index in [1.807, 2.05) is 24.3 Å². The Kier molecular flexibility index (Phi) is 4.96. The van der Waals surface area contributed by atoms with Crippen LogP contribution >= 0.6 is 0 Å². The Morgan fingerprint density at radius 1 is 1.05 bits per heavy atom. The van der Waals surface area contributed by atoms with Gasteiger partial charge in [-0.3, -0.25) is 0 Å². The van der Waals surface area contributed by atoms with Crippen LogP contribution in [0.15, 0.2) is 48.5 Å². The first-order chi connectivity index (χ1) is 9.74. The maximum Gasteiger partial charge on any atom is 0.0998 e. The first kappa shape index (κ1) is 14.3. The van der Waals surface area contributed by atoms with Gasteiger partial charge in [0.25, 0.3) is 0 Å². The van der Waals surface area contributed by atoms with Crippen LogP contribution in [0, 0.1) is 17.2 Å². The number of hydrogen-bond acceptors (Lipinski definition) is 1. The molecule has 1 unspecified atom stereocenters. The topological polar surface area (TPSA) is 23.8 Å². The van der Waals surface area contributed by atoms with Gasteiger partial charge >= 0.3 is 0 Å². The minimum Gasteiger partial charge on any atom is -0.192 e. The predicted molar refractivity (Wildman–Crippen MR) is 84.4 cm³/mol. The van der Waals surface area contributed by atoms with Crippen molar-refractivity contribution in [1.82, 2.24) is 0 Å². The fraction of sp³-hybridized carbons (Fsp3) is 0.316. The predicted octanol–water partition coefficient (Wildman–Crippen LogP) is 5.20. The summed E-state index contributed by atoms with van der Waals surface area (Å²) >= 11 is 0. The SMILES string of the molecule is CCCC(C)Cc1ccc(-c2ccccc2C#N)cc1. The van der Waals surface area contributed by atoms with Gasteiger partial charge in [-0.2, -0.15) is 5.26 Å². The second kappa shape index (κ2) is 6.91. The van der Waals surface area contributed by atoms with Gasteiger partial charge in [-0.05, 0) is 35.1 Å². The minimum absolute atomic E-state index is 0.734. The summed E-state index contributed by atoms with van der Waals surface area (Å²) in [5.41, 5.74) is 4.25. The lowest BCUT2D eigenvalue weighted by Crippen LogP contribution is -1.98. The highest BCUT2D eigenvalue weighted by Gasteiger charge is 2.05. The molecule has 0 spiro atoms. The van der Waals surface area contributed by atoms with Crippen LogP contribution in [-0.2, 0) is 6.42 Å². The highest BCUT2D eigenvalue weighted by molar-refractivity contribution is 5.70. The van der Waals surface area contributed by atoms with E-state index in [0.29, 0.717) is 0 Å². The molecular formula is C19H21N. The Bertz CT molecular complexity index is 590. The van der Waals surface area contributed by atoms with Gasteiger partial charge in [0.2, 0.25) is 0 Å². The van der Waals surface area contributed by atoms with Crippen LogP contribution in [0.4, 0.5) is 0 Å². The molecule has 0 aromatic heterocycles. The summed E-state index contributed by atoms with van der Waals surface area (Å²) in [5.74, 6) is 0.734. The van der Waals surface area contributed by atoms with Crippen molar-refractivity contribution in [2.24, 2.45) is 5.92 Å². The average molecular weight is 263 g/mol. The van der Waals surface area contributed by atoms with Crippen LogP contribution in [0.1, 0.15) is 37.8 Å². The summed E-state index contributed by atoms with van der Waals surface area (Å²) < 4.78 is 0. The molecule has 0 saturated carbocycles. The molecule has 0 aliphatic carbocycles. The molecule has 2 aromatic carbocycles. The molecule has 20 heavy (non-hydrogen) atoms. The van der Waals surface area contributed by atoms with Gasteiger partial charge in [0.15, 0.2) is 0 Å². The van der Waals surface area contributed by atoms with E-state index < -0.39 is 0 Å². The highest BCUT2D eigenvalue weighted by atomic mass is 14.2. The molecule has 0 amide bonds. The van der Waals surface area contributed by atoms with Crippen LogP contribution in [-0.4, -0.2) is 0 Å². The van der Waals surface area contributed by atoms with Gasteiger partial charge in [0, 0.05) is 0 Å². The van der Waals surface area contributed by atoms with Crippen molar-refractivity contribution in [1.29, 1.82) is 5.26 Å². The Hall–Kier alpha value is -2.07. The van der Waals surface area contributed by atoms with Gasteiger partial charge in [0.1, 0.15) is 0 Å². The molecule has 0 bridgehead atoms. The van der Waals surface area contributed by atoms with E-state index in [2.05, 4.69) is 44.2 Å². The molecule has 1 nitrogen and oxygen atoms in total. The Morgan fingerprint density at radius 2 is 1.75 bits per heavy atom. The molecule has 0 N–H and O–H groups in total. The summed E-state index contributed by atoms with van der Waals surface area (Å²) in [5, 5.41) is 9.16. The second-order valence-electron chi connectivity index (χ2n) is 5.45. The number of rotatable bonds is 5. The lowest BCUT2D eigenvalue weighted by Gasteiger charge is -2.11. The Labute approximate surface area is 121 Å². The highest BCUT2D eigenvalue weighted by Crippen LogP contribution is 2.24. The van der Waals surface area contributed by atoms with Crippen molar-refractivity contribution >= 4 is 0 Å². The van der Waals surface area contributed by atoms with Crippen LogP contribution in [0.25, 0.3) is 11.1 Å². The molecule has 1 atom stereocenters. The number of benzene rings is 2. The van der Waals surface area contributed by atoms with E-state index in [9.17, 15) is 0 Å². The fourth-order valence-electron chi connectivity index (χ4n) is 2.65. The smallest absolute Gasteiger partial charge is 0.0998 e. The number of nitriles is 1. The van der Waals surface area contributed by atoms with Crippen molar-refractivity contribution < 1.29 is 0 Å². The van der Waals surface area contributed by atoms with E-state index in [0.717, 1.165) is 29.0 Å². The summed E-state index contributed by atoms with van der Waals surface area (Å²) in [7, 11) is 0. The normalized spacial score (nSPS) is 11.8. The van der Waals surface area contributed by atoms with Gasteiger partial charge in [-0.25, -0.2) is 0 Å². The largest absolute Gasteiger partial charge is 0.192 e. The average Bonchev–Trinajstić information content (AvgIpc) is 2.48. The third-order valence-electron chi connectivity index (χ3n) is 3.68. The molecule has 0 radical (unpaired) electrons. The van der Waals surface area contributed by atoms with Crippen molar-refractivity contribution in [3.05, 3.63) is 59.7 Å². The fourth-order valence-corrected chi connectivity index (χ4v) is 2.65. The van der Waals surface area contributed by atoms with Crippen molar-refractivity contribution in [2.45, 2.75) is 33.1 Å². The van der Waals surface area contributed by atoms with Gasteiger partial charge < -0.3 is 0 Å². The van der Waals surface area contributed by atoms with E-state index in [4.69, 9.17) is 5.26 Å². The number of nitrogens with zero attached hydrogens (tertiary/aromatic N) is 1. The lowest BCUT2D eigenvalue weighted by atomic mass is 9.94. The third kappa shape index (κ3) is 3.48. The molecule has 0 heterocycles. The van der Waals surface area contributed by atoms with Crippen LogP contribution in [0.3, 0.4) is 0 Å². The molecule has 0 aliphatic heterocycles. The van der Waals surface area contributed by atoms with Gasteiger partial charge in [-0.1, -0.05) is 69.2 Å². The van der Waals surface area contributed by atoms with Crippen LogP contribution in [0.5, 0.6) is 0 Å². The van der Waals surface area contributed by atoms with E-state index in [1.54, 1.807) is 0 Å². The van der Waals surface area contributed by atoms with Crippen molar-refractivity contribution in [3.63, 3.8) is 0 Å². The summed E-state index contributed by atoms with van der Waals surface area (Å²) in [6, 6.07) is 18.7. The summed E-state index contributed by atoms with van der Waals surface area (Å²) in [4.78, 5) is 0. The Morgan fingerprint density at radius 3 is 2.40 bits per heavy atom. The summed E-state index contributed by atoms with van der Waals surface area (Å²) in [6.45, 7) is 4.54. The molecule has 0 saturated heterocycles. The summed E-state index contributed by atoms with van der Waals surface area (Å²) in [6.07, 6.45) is 3.65. The zero-order chi connectivity index (χ0) is 14.4. The van der Waals surface area contributed by atoms with Crippen molar-refractivity contribution in [2.75, 3.05) is 0 Å². The van der Waals surface area contributed by atoms with Crippen molar-refractivity contribution in [3.8, 4) is 17.2 Å². The zero-order valence-electron chi connectivity index (χ0n) is 12.3. The van der Waals surface area contributed by atoms with E-state index >= 15 is 0 Å². The van der Waals surface area contributed by atoms with Crippen LogP contribution in [0.2, 0.25) is 0 Å². The van der Waals surface area contributed by atoms with E-state index in [1.165, 1.54) is 18.4 Å². The first-order valence-corrected chi connectivity index (χ1v) is 7.33. The monoisotopic (exact) mass is 263 g/mol. The molecule has 102 valence electrons. The molecule has 1 heteroatoms. The van der Waals surface area contributed by atoms with Gasteiger partial charge in [0.05, 0.1) is 11.6 Å². The second-order valence-corrected chi connectivity index (χ2v) is 5.45. The lowest BCUT2D eigenvalue weighted by molar-refractivity contribution is 0.522. The maximum absolute atomic E-state index is 9.16. The molecular weight excluding hydrogens is 242 g/mol. The minimum atomic E-state index is 0.734. The molecule has 0 aliphatic rings. The standard InChI is InChI=1S/C19H21N/c1-3-6-15(2)13-16-9-11-17(12-10-16)19-8-5-4-7-18(19)14-20/h4-5,7-12,15H,3,6,13H2,1-2H3. The van der Waals surface area contributed by atoms with E-state index in [-0.39, 0.29) is 0 Å². The molecule has 0 fully saturated rings.